The van der Waals surface area contributed by atoms with Gasteiger partial charge >= 0.3 is 6.03 Å². The van der Waals surface area contributed by atoms with E-state index in [1.54, 1.807) is 24.8 Å². The zero-order valence-electron chi connectivity index (χ0n) is 16.9. The third-order valence-electron chi connectivity index (χ3n) is 6.20. The standard InChI is InChI=1S/C19H19FN4O6S/c1-7-6-24-12-9(4-10-13(11(12)20)30-23-15(10)31(3)28)5-19(14(24)8(2)29-7)16(25)21-18(27)22-17(19)26/h4,7-8,14H,5-6H2,1-3H3,(H2,21,22,25,26,27)/t7-,8+,14-,31?/m1/s1. The highest BCUT2D eigenvalue weighted by Crippen LogP contribution is 2.49. The van der Waals surface area contributed by atoms with E-state index >= 15 is 4.39 Å². The highest BCUT2D eigenvalue weighted by atomic mass is 32.2. The van der Waals surface area contributed by atoms with Gasteiger partial charge in [0.15, 0.2) is 11.2 Å². The van der Waals surface area contributed by atoms with Gasteiger partial charge in [-0.05, 0) is 30.6 Å². The first-order valence-electron chi connectivity index (χ1n) is 9.68. The van der Waals surface area contributed by atoms with E-state index in [0.29, 0.717) is 5.56 Å². The van der Waals surface area contributed by atoms with Crippen LogP contribution in [-0.4, -0.2) is 58.6 Å². The van der Waals surface area contributed by atoms with E-state index in [2.05, 4.69) is 15.8 Å². The van der Waals surface area contributed by atoms with Gasteiger partial charge in [-0.1, -0.05) is 0 Å². The summed E-state index contributed by atoms with van der Waals surface area (Å²) in [6, 6.07) is -0.209. The third-order valence-corrected chi connectivity index (χ3v) is 7.04. The number of rotatable bonds is 1. The highest BCUT2D eigenvalue weighted by Gasteiger charge is 2.63. The summed E-state index contributed by atoms with van der Waals surface area (Å²) in [5, 5.41) is 8.39. The van der Waals surface area contributed by atoms with E-state index in [1.165, 1.54) is 6.26 Å². The molecular formula is C19H19FN4O6S. The summed E-state index contributed by atoms with van der Waals surface area (Å²) >= 11 is -1.54. The number of anilines is 1. The van der Waals surface area contributed by atoms with Crippen molar-refractivity contribution in [1.82, 2.24) is 15.8 Å². The molecule has 3 aliphatic heterocycles. The Bertz CT molecular complexity index is 1130. The Balaban J connectivity index is 1.79. The number of carbonyl (C=O) groups is 3. The van der Waals surface area contributed by atoms with Crippen LogP contribution in [0.4, 0.5) is 14.9 Å². The molecule has 4 atom stereocenters. The predicted molar refractivity (Wildman–Crippen MR) is 105 cm³/mol. The number of halogens is 1. The monoisotopic (exact) mass is 450 g/mol. The summed E-state index contributed by atoms with van der Waals surface area (Å²) in [4.78, 5) is 39.6. The van der Waals surface area contributed by atoms with Crippen LogP contribution in [0.3, 0.4) is 0 Å². The molecule has 2 N–H and O–H groups in total. The molecule has 0 bridgehead atoms. The van der Waals surface area contributed by atoms with Crippen molar-refractivity contribution in [2.75, 3.05) is 17.7 Å². The van der Waals surface area contributed by atoms with E-state index in [0.717, 1.165) is 0 Å². The minimum absolute atomic E-state index is 0.0734. The largest absolute Gasteiger partial charge is 0.610 e. The topological polar surface area (TPSA) is 137 Å². The number of benzene rings is 1. The Labute approximate surface area is 178 Å². The number of nitrogens with zero attached hydrogens (tertiary/aromatic N) is 2. The van der Waals surface area contributed by atoms with Crippen LogP contribution < -0.4 is 15.5 Å². The van der Waals surface area contributed by atoms with Crippen molar-refractivity contribution in [3.63, 3.8) is 0 Å². The Hall–Kier alpha value is -2.70. The number of imide groups is 2. The fraction of sp³-hybridized carbons (Fsp3) is 0.474. The lowest BCUT2D eigenvalue weighted by Gasteiger charge is -2.55. The molecule has 12 heteroatoms. The van der Waals surface area contributed by atoms with Gasteiger partial charge < -0.3 is 18.7 Å². The number of urea groups is 1. The van der Waals surface area contributed by atoms with Crippen LogP contribution >= 0.6 is 0 Å². The van der Waals surface area contributed by atoms with Gasteiger partial charge in [0.2, 0.25) is 17.4 Å². The molecule has 3 aliphatic rings. The summed E-state index contributed by atoms with van der Waals surface area (Å²) in [7, 11) is 0. The number of morpholine rings is 1. The van der Waals surface area contributed by atoms with Crippen molar-refractivity contribution in [2.24, 2.45) is 5.41 Å². The summed E-state index contributed by atoms with van der Waals surface area (Å²) in [5.74, 6) is -2.24. The van der Waals surface area contributed by atoms with Crippen LogP contribution in [0.5, 0.6) is 0 Å². The van der Waals surface area contributed by atoms with Gasteiger partial charge in [-0.3, -0.25) is 20.2 Å². The average Bonchev–Trinajstić information content (AvgIpc) is 3.09. The molecule has 2 aromatic rings. The molecule has 1 aromatic heterocycles. The maximum absolute atomic E-state index is 15.7. The Kier molecular flexibility index (Phi) is 4.33. The van der Waals surface area contributed by atoms with Crippen molar-refractivity contribution in [1.29, 1.82) is 0 Å². The van der Waals surface area contributed by atoms with Gasteiger partial charge in [0.05, 0.1) is 23.9 Å². The molecule has 0 radical (unpaired) electrons. The molecule has 1 aromatic carbocycles. The molecular weight excluding hydrogens is 431 g/mol. The third kappa shape index (κ3) is 2.64. The lowest BCUT2D eigenvalue weighted by molar-refractivity contribution is -0.153. The van der Waals surface area contributed by atoms with Crippen LogP contribution in [0.1, 0.15) is 19.4 Å². The zero-order valence-corrected chi connectivity index (χ0v) is 17.7. The molecule has 1 unspecified atom stereocenters. The summed E-state index contributed by atoms with van der Waals surface area (Å²) < 4.78 is 38.8. The quantitative estimate of drug-likeness (QED) is 0.476. The van der Waals surface area contributed by atoms with Crippen molar-refractivity contribution in [3.05, 3.63) is 17.4 Å². The molecule has 0 aliphatic carbocycles. The first kappa shape index (κ1) is 20.2. The lowest BCUT2D eigenvalue weighted by atomic mass is 9.66. The van der Waals surface area contributed by atoms with Crippen LogP contribution in [0, 0.1) is 11.2 Å². The van der Waals surface area contributed by atoms with E-state index in [-0.39, 0.29) is 40.8 Å². The van der Waals surface area contributed by atoms with E-state index < -0.39 is 52.4 Å². The van der Waals surface area contributed by atoms with Crippen molar-refractivity contribution in [2.45, 2.75) is 43.5 Å². The molecule has 5 rings (SSSR count). The van der Waals surface area contributed by atoms with Gasteiger partial charge in [0.25, 0.3) is 5.03 Å². The Morgan fingerprint density at radius 3 is 2.61 bits per heavy atom. The van der Waals surface area contributed by atoms with E-state index in [9.17, 15) is 18.9 Å². The minimum atomic E-state index is -1.72. The summed E-state index contributed by atoms with van der Waals surface area (Å²) in [6.07, 6.45) is 0.287. The molecule has 31 heavy (non-hydrogen) atoms. The van der Waals surface area contributed by atoms with Crippen LogP contribution in [0.15, 0.2) is 15.6 Å². The first-order chi connectivity index (χ1) is 14.6. The van der Waals surface area contributed by atoms with E-state index in [1.807, 2.05) is 0 Å². The number of fused-ring (bicyclic) bond motifs is 5. The molecule has 1 spiro atoms. The molecule has 2 saturated heterocycles. The number of hydrogen-bond acceptors (Lipinski definition) is 8. The number of amides is 4. The molecule has 4 amide bonds. The first-order valence-corrected chi connectivity index (χ1v) is 11.2. The number of carbonyl (C=O) groups excluding carboxylic acids is 3. The Morgan fingerprint density at radius 2 is 1.97 bits per heavy atom. The van der Waals surface area contributed by atoms with E-state index in [4.69, 9.17) is 9.26 Å². The lowest BCUT2D eigenvalue weighted by Crippen LogP contribution is -2.75. The molecule has 164 valence electrons. The fourth-order valence-corrected chi connectivity index (χ4v) is 5.74. The smallest absolute Gasteiger partial charge is 0.328 e. The predicted octanol–water partition coefficient (Wildman–Crippen LogP) is 0.595. The van der Waals surface area contributed by atoms with Gasteiger partial charge in [0, 0.05) is 24.1 Å². The van der Waals surface area contributed by atoms with Crippen LogP contribution in [0.2, 0.25) is 0 Å². The van der Waals surface area contributed by atoms with Gasteiger partial charge in [-0.25, -0.2) is 9.18 Å². The fourth-order valence-electron chi connectivity index (χ4n) is 5.13. The zero-order chi connectivity index (χ0) is 22.2. The van der Waals surface area contributed by atoms with Crippen molar-refractivity contribution < 1.29 is 32.6 Å². The SMILES string of the molecule is C[C@@H]1CN2c3c(cc4c([S+](C)[O-])noc4c3F)CC3(C(=O)NC(=O)NC3=O)[C@H]2[C@H](C)O1. The van der Waals surface area contributed by atoms with Crippen LogP contribution in [-0.2, 0) is 31.9 Å². The maximum atomic E-state index is 15.7. The van der Waals surface area contributed by atoms with Crippen molar-refractivity contribution >= 4 is 45.7 Å². The molecule has 0 saturated carbocycles. The number of hydrogen-bond donors (Lipinski definition) is 2. The van der Waals surface area contributed by atoms with Gasteiger partial charge in [0.1, 0.15) is 11.6 Å². The average molecular weight is 450 g/mol. The number of barbiturate groups is 1. The van der Waals surface area contributed by atoms with Crippen molar-refractivity contribution in [3.8, 4) is 0 Å². The van der Waals surface area contributed by atoms with Gasteiger partial charge in [-0.2, -0.15) is 0 Å². The van der Waals surface area contributed by atoms with Crippen LogP contribution in [0.25, 0.3) is 11.0 Å². The number of aromatic nitrogens is 1. The molecule has 10 nitrogen and oxygen atoms in total. The number of nitrogens with one attached hydrogen (secondary N) is 2. The second kappa shape index (κ2) is 6.65. The summed E-state index contributed by atoms with van der Waals surface area (Å²) in [5.41, 5.74) is -1.31. The Morgan fingerprint density at radius 1 is 1.29 bits per heavy atom. The highest BCUT2D eigenvalue weighted by molar-refractivity contribution is 7.90. The maximum Gasteiger partial charge on any atom is 0.328 e. The second-order valence-electron chi connectivity index (χ2n) is 8.15. The molecule has 2 fully saturated rings. The summed E-state index contributed by atoms with van der Waals surface area (Å²) in [6.45, 7) is 3.73. The normalized spacial score (nSPS) is 28.2. The van der Waals surface area contributed by atoms with Gasteiger partial charge in [-0.15, -0.1) is 0 Å². The molecule has 4 heterocycles. The second-order valence-corrected chi connectivity index (χ2v) is 9.45. The minimum Gasteiger partial charge on any atom is -0.610 e. The number of ether oxygens (including phenoxy) is 1.